The summed E-state index contributed by atoms with van der Waals surface area (Å²) in [6, 6.07) is 2.14. The summed E-state index contributed by atoms with van der Waals surface area (Å²) in [5, 5.41) is 5.01. The fourth-order valence-corrected chi connectivity index (χ4v) is 2.32. The van der Waals surface area contributed by atoms with Crippen molar-refractivity contribution in [3.8, 4) is 0 Å². The zero-order chi connectivity index (χ0) is 15.4. The van der Waals surface area contributed by atoms with E-state index < -0.39 is 17.7 Å². The Balaban J connectivity index is 1.84. The maximum Gasteiger partial charge on any atom is 0.312 e. The summed E-state index contributed by atoms with van der Waals surface area (Å²) in [6.07, 6.45) is 0.699. The highest BCUT2D eigenvalue weighted by Crippen LogP contribution is 2.13. The fourth-order valence-electron chi connectivity index (χ4n) is 2.32. The first kappa shape index (κ1) is 15.2. The minimum atomic E-state index is -0.753. The van der Waals surface area contributed by atoms with Gasteiger partial charge in [0, 0.05) is 30.9 Å². The SMILES string of the molecule is NC(=O)NC1CCN(CC(=O)Nc2cc(F)cc(F)c2)C1. The van der Waals surface area contributed by atoms with Gasteiger partial charge in [-0.3, -0.25) is 9.69 Å². The van der Waals surface area contributed by atoms with Crippen molar-refractivity contribution in [2.45, 2.75) is 12.5 Å². The lowest BCUT2D eigenvalue weighted by Gasteiger charge is -2.15. The molecule has 4 N–H and O–H groups in total. The quantitative estimate of drug-likeness (QED) is 0.762. The van der Waals surface area contributed by atoms with E-state index in [2.05, 4.69) is 10.6 Å². The summed E-state index contributed by atoms with van der Waals surface area (Å²) < 4.78 is 26.0. The third-order valence-corrected chi connectivity index (χ3v) is 3.13. The number of carbonyl (C=O) groups is 2. The zero-order valence-corrected chi connectivity index (χ0v) is 11.2. The van der Waals surface area contributed by atoms with Gasteiger partial charge >= 0.3 is 6.03 Å². The predicted octanol–water partition coefficient (Wildman–Crippen LogP) is 0.646. The van der Waals surface area contributed by atoms with Crippen molar-refractivity contribution in [1.29, 1.82) is 0 Å². The zero-order valence-electron chi connectivity index (χ0n) is 11.2. The normalized spacial score (nSPS) is 18.5. The maximum atomic E-state index is 13.0. The van der Waals surface area contributed by atoms with Gasteiger partial charge in [-0.15, -0.1) is 0 Å². The molecule has 1 atom stereocenters. The number of hydrogen-bond donors (Lipinski definition) is 3. The van der Waals surface area contributed by atoms with Gasteiger partial charge in [-0.2, -0.15) is 0 Å². The third-order valence-electron chi connectivity index (χ3n) is 3.13. The number of amides is 3. The molecule has 1 aromatic carbocycles. The van der Waals surface area contributed by atoms with E-state index in [-0.39, 0.29) is 24.2 Å². The molecule has 114 valence electrons. The van der Waals surface area contributed by atoms with Gasteiger partial charge < -0.3 is 16.4 Å². The predicted molar refractivity (Wildman–Crippen MR) is 72.6 cm³/mol. The molecule has 6 nitrogen and oxygen atoms in total. The molecule has 0 radical (unpaired) electrons. The number of nitrogens with two attached hydrogens (primary N) is 1. The molecular formula is C13H16F2N4O2. The average molecular weight is 298 g/mol. The van der Waals surface area contributed by atoms with Gasteiger partial charge in [0.1, 0.15) is 11.6 Å². The monoisotopic (exact) mass is 298 g/mol. The van der Waals surface area contributed by atoms with Crippen LogP contribution in [0.1, 0.15) is 6.42 Å². The number of rotatable bonds is 4. The highest BCUT2D eigenvalue weighted by atomic mass is 19.1. The van der Waals surface area contributed by atoms with Gasteiger partial charge in [-0.1, -0.05) is 0 Å². The Morgan fingerprint density at radius 1 is 1.29 bits per heavy atom. The lowest BCUT2D eigenvalue weighted by molar-refractivity contribution is -0.117. The number of nitrogens with one attached hydrogen (secondary N) is 2. The molecule has 1 aromatic rings. The maximum absolute atomic E-state index is 13.0. The number of urea groups is 1. The molecule has 21 heavy (non-hydrogen) atoms. The number of benzene rings is 1. The fraction of sp³-hybridized carbons (Fsp3) is 0.385. The molecule has 2 rings (SSSR count). The minimum Gasteiger partial charge on any atom is -0.352 e. The molecule has 1 aliphatic heterocycles. The van der Waals surface area contributed by atoms with Crippen molar-refractivity contribution in [3.63, 3.8) is 0 Å². The first-order chi connectivity index (χ1) is 9.92. The number of halogens is 2. The van der Waals surface area contributed by atoms with Crippen LogP contribution in [0, 0.1) is 11.6 Å². The van der Waals surface area contributed by atoms with Crippen LogP contribution in [0.15, 0.2) is 18.2 Å². The molecule has 1 saturated heterocycles. The van der Waals surface area contributed by atoms with Gasteiger partial charge in [0.05, 0.1) is 6.54 Å². The van der Waals surface area contributed by atoms with E-state index in [0.29, 0.717) is 19.5 Å². The van der Waals surface area contributed by atoms with Crippen molar-refractivity contribution in [1.82, 2.24) is 10.2 Å². The molecule has 1 heterocycles. The molecule has 1 unspecified atom stereocenters. The molecule has 3 amide bonds. The Kier molecular flexibility index (Phi) is 4.69. The Labute approximate surface area is 120 Å². The van der Waals surface area contributed by atoms with Gasteiger partial charge in [0.25, 0.3) is 0 Å². The van der Waals surface area contributed by atoms with Gasteiger partial charge in [0.15, 0.2) is 0 Å². The van der Waals surface area contributed by atoms with Crippen molar-refractivity contribution in [2.24, 2.45) is 5.73 Å². The molecule has 1 fully saturated rings. The Bertz CT molecular complexity index is 533. The molecular weight excluding hydrogens is 282 g/mol. The second-order valence-electron chi connectivity index (χ2n) is 4.94. The van der Waals surface area contributed by atoms with E-state index in [4.69, 9.17) is 5.73 Å². The van der Waals surface area contributed by atoms with Gasteiger partial charge in [0.2, 0.25) is 5.91 Å². The number of carbonyl (C=O) groups excluding carboxylic acids is 2. The first-order valence-electron chi connectivity index (χ1n) is 6.46. The summed E-state index contributed by atoms with van der Waals surface area (Å²) >= 11 is 0. The molecule has 0 spiro atoms. The second-order valence-corrected chi connectivity index (χ2v) is 4.94. The molecule has 0 bridgehead atoms. The van der Waals surface area contributed by atoms with Crippen LogP contribution in [0.3, 0.4) is 0 Å². The van der Waals surface area contributed by atoms with E-state index in [9.17, 15) is 18.4 Å². The minimum absolute atomic E-state index is 0.0727. The number of hydrogen-bond acceptors (Lipinski definition) is 3. The Hall–Kier alpha value is -2.22. The largest absolute Gasteiger partial charge is 0.352 e. The average Bonchev–Trinajstić information content (AvgIpc) is 2.73. The van der Waals surface area contributed by atoms with E-state index in [0.717, 1.165) is 18.2 Å². The van der Waals surface area contributed by atoms with Crippen LogP contribution in [0.2, 0.25) is 0 Å². The van der Waals surface area contributed by atoms with Crippen LogP contribution in [0.5, 0.6) is 0 Å². The standard InChI is InChI=1S/C13H16F2N4O2/c14-8-3-9(15)5-11(4-8)17-12(20)7-19-2-1-10(6-19)18-13(16)21/h3-5,10H,1-2,6-7H2,(H,17,20)(H3,16,18,21). The van der Waals surface area contributed by atoms with E-state index in [1.165, 1.54) is 0 Å². The topological polar surface area (TPSA) is 87.5 Å². The lowest BCUT2D eigenvalue weighted by Crippen LogP contribution is -2.41. The lowest BCUT2D eigenvalue weighted by atomic mass is 10.3. The van der Waals surface area contributed by atoms with Gasteiger partial charge in [-0.05, 0) is 18.6 Å². The molecule has 0 saturated carbocycles. The Morgan fingerprint density at radius 3 is 2.57 bits per heavy atom. The summed E-state index contributed by atoms with van der Waals surface area (Å²) in [4.78, 5) is 24.4. The summed E-state index contributed by atoms with van der Waals surface area (Å²) in [7, 11) is 0. The van der Waals surface area contributed by atoms with E-state index >= 15 is 0 Å². The van der Waals surface area contributed by atoms with Crippen LogP contribution in [-0.2, 0) is 4.79 Å². The summed E-state index contributed by atoms with van der Waals surface area (Å²) in [5.41, 5.74) is 5.10. The molecule has 1 aliphatic rings. The van der Waals surface area contributed by atoms with Crippen molar-refractivity contribution >= 4 is 17.6 Å². The van der Waals surface area contributed by atoms with Crippen LogP contribution in [-0.4, -0.2) is 42.5 Å². The van der Waals surface area contributed by atoms with Crippen LogP contribution in [0.4, 0.5) is 19.3 Å². The number of nitrogens with zero attached hydrogens (tertiary/aromatic N) is 1. The smallest absolute Gasteiger partial charge is 0.312 e. The second kappa shape index (κ2) is 6.49. The van der Waals surface area contributed by atoms with E-state index in [1.54, 1.807) is 0 Å². The van der Waals surface area contributed by atoms with E-state index in [1.807, 2.05) is 4.90 Å². The summed E-state index contributed by atoms with van der Waals surface area (Å²) in [5.74, 6) is -1.88. The van der Waals surface area contributed by atoms with Crippen LogP contribution < -0.4 is 16.4 Å². The molecule has 8 heteroatoms. The molecule has 0 aromatic heterocycles. The first-order valence-corrected chi connectivity index (χ1v) is 6.46. The van der Waals surface area contributed by atoms with Crippen LogP contribution in [0.25, 0.3) is 0 Å². The highest BCUT2D eigenvalue weighted by Gasteiger charge is 2.24. The summed E-state index contributed by atoms with van der Waals surface area (Å²) in [6.45, 7) is 1.22. The van der Waals surface area contributed by atoms with Crippen molar-refractivity contribution in [2.75, 3.05) is 25.0 Å². The number of likely N-dealkylation sites (tertiary alicyclic amines) is 1. The van der Waals surface area contributed by atoms with Crippen molar-refractivity contribution < 1.29 is 18.4 Å². The molecule has 0 aliphatic carbocycles. The van der Waals surface area contributed by atoms with Crippen LogP contribution >= 0.6 is 0 Å². The third kappa shape index (κ3) is 4.67. The highest BCUT2D eigenvalue weighted by molar-refractivity contribution is 5.92. The van der Waals surface area contributed by atoms with Crippen molar-refractivity contribution in [3.05, 3.63) is 29.8 Å². The number of anilines is 1. The number of primary amides is 1. The van der Waals surface area contributed by atoms with Gasteiger partial charge in [-0.25, -0.2) is 13.6 Å². The Morgan fingerprint density at radius 2 is 1.95 bits per heavy atom.